The van der Waals surface area contributed by atoms with Crippen LogP contribution in [0.4, 0.5) is 10.5 Å². The first kappa shape index (κ1) is 22.0. The van der Waals surface area contributed by atoms with Crippen LogP contribution in [0.1, 0.15) is 58.4 Å². The summed E-state index contributed by atoms with van der Waals surface area (Å²) in [5, 5.41) is 6.16. The maximum atomic E-state index is 12.6. The first-order valence-corrected chi connectivity index (χ1v) is 11.5. The normalized spacial score (nSPS) is 14.7. The van der Waals surface area contributed by atoms with Crippen LogP contribution in [0, 0.1) is 0 Å². The number of hydrogen-bond acceptors (Lipinski definition) is 3. The van der Waals surface area contributed by atoms with Crippen molar-refractivity contribution < 1.29 is 4.79 Å². The topological polar surface area (TPSA) is 66.9 Å². The maximum Gasteiger partial charge on any atom is 0.319 e. The van der Waals surface area contributed by atoms with Crippen molar-refractivity contribution in [3.05, 3.63) is 66.5 Å². The molecule has 1 saturated carbocycles. The fourth-order valence-electron chi connectivity index (χ4n) is 4.18. The van der Waals surface area contributed by atoms with Crippen LogP contribution in [0.25, 0.3) is 22.5 Å². The third-order valence-electron chi connectivity index (χ3n) is 6.08. The van der Waals surface area contributed by atoms with Crippen molar-refractivity contribution in [1.29, 1.82) is 0 Å². The summed E-state index contributed by atoms with van der Waals surface area (Å²) in [6, 6.07) is 16.2. The van der Waals surface area contributed by atoms with E-state index in [0.717, 1.165) is 41.0 Å². The van der Waals surface area contributed by atoms with E-state index in [0.29, 0.717) is 0 Å². The fraction of sp³-hybridized carbons (Fsp3) is 0.370. The summed E-state index contributed by atoms with van der Waals surface area (Å²) in [7, 11) is 0. The minimum atomic E-state index is -0.142. The molecule has 0 radical (unpaired) electrons. The highest BCUT2D eigenvalue weighted by Crippen LogP contribution is 2.30. The Morgan fingerprint density at radius 3 is 2.44 bits per heavy atom. The predicted molar refractivity (Wildman–Crippen MR) is 131 cm³/mol. The summed E-state index contributed by atoms with van der Waals surface area (Å²) in [6.07, 6.45) is 9.45. The number of carbonyl (C=O) groups excluding carboxylic acids is 1. The highest BCUT2D eigenvalue weighted by atomic mass is 16.2. The number of amides is 2. The average molecular weight is 429 g/mol. The molecule has 1 aromatic carbocycles. The van der Waals surface area contributed by atoms with Crippen molar-refractivity contribution in [2.75, 3.05) is 5.32 Å². The van der Waals surface area contributed by atoms with Gasteiger partial charge in [0.15, 0.2) is 0 Å². The number of para-hydroxylation sites is 1. The fourth-order valence-corrected chi connectivity index (χ4v) is 4.18. The molecule has 1 fully saturated rings. The Bertz CT molecular complexity index is 1060. The van der Waals surface area contributed by atoms with E-state index in [-0.39, 0.29) is 17.5 Å². The van der Waals surface area contributed by atoms with Gasteiger partial charge in [0.2, 0.25) is 0 Å². The zero-order valence-electron chi connectivity index (χ0n) is 19.2. The van der Waals surface area contributed by atoms with Crippen molar-refractivity contribution in [2.24, 2.45) is 0 Å². The highest BCUT2D eigenvalue weighted by molar-refractivity contribution is 5.94. The summed E-state index contributed by atoms with van der Waals surface area (Å²) in [5.41, 5.74) is 5.66. The number of benzene rings is 1. The molecule has 0 bridgehead atoms. The van der Waals surface area contributed by atoms with E-state index in [9.17, 15) is 4.79 Å². The summed E-state index contributed by atoms with van der Waals surface area (Å²) in [5.74, 6) is 0. The third kappa shape index (κ3) is 5.34. The van der Waals surface area contributed by atoms with Gasteiger partial charge in [-0.05, 0) is 48.1 Å². The van der Waals surface area contributed by atoms with Crippen molar-refractivity contribution in [3.63, 3.8) is 0 Å². The molecule has 0 unspecified atom stereocenters. The Labute approximate surface area is 190 Å². The van der Waals surface area contributed by atoms with Crippen molar-refractivity contribution in [3.8, 4) is 22.5 Å². The van der Waals surface area contributed by atoms with Crippen LogP contribution >= 0.6 is 0 Å². The molecule has 0 aliphatic heterocycles. The molecule has 4 rings (SSSR count). The van der Waals surface area contributed by atoms with Gasteiger partial charge in [-0.3, -0.25) is 9.97 Å². The molecule has 5 nitrogen and oxygen atoms in total. The number of pyridine rings is 2. The molecule has 2 aromatic heterocycles. The molecule has 1 aliphatic carbocycles. The Morgan fingerprint density at radius 2 is 1.72 bits per heavy atom. The quantitative estimate of drug-likeness (QED) is 0.494. The van der Waals surface area contributed by atoms with E-state index in [2.05, 4.69) is 53.5 Å². The van der Waals surface area contributed by atoms with Crippen LogP contribution in [0.3, 0.4) is 0 Å². The average Bonchev–Trinajstić information content (AvgIpc) is 2.80. The molecular weight excluding hydrogens is 396 g/mol. The third-order valence-corrected chi connectivity index (χ3v) is 6.08. The van der Waals surface area contributed by atoms with Crippen molar-refractivity contribution in [2.45, 2.75) is 64.3 Å². The molecule has 5 heteroatoms. The Kier molecular flexibility index (Phi) is 6.54. The van der Waals surface area contributed by atoms with Gasteiger partial charge >= 0.3 is 6.03 Å². The molecule has 3 aromatic rings. The molecule has 2 amide bonds. The largest absolute Gasteiger partial charge is 0.335 e. The van der Waals surface area contributed by atoms with Gasteiger partial charge in [0.05, 0.1) is 17.1 Å². The summed E-state index contributed by atoms with van der Waals surface area (Å²) in [6.45, 7) is 6.57. The predicted octanol–water partition coefficient (Wildman–Crippen LogP) is 6.56. The van der Waals surface area contributed by atoms with E-state index in [1.807, 2.05) is 48.8 Å². The number of nitrogens with zero attached hydrogens (tertiary/aromatic N) is 2. The lowest BCUT2D eigenvalue weighted by Gasteiger charge is -2.23. The minimum absolute atomic E-state index is 0.0560. The first-order valence-electron chi connectivity index (χ1n) is 11.5. The minimum Gasteiger partial charge on any atom is -0.335 e. The second-order valence-electron chi connectivity index (χ2n) is 9.59. The Morgan fingerprint density at radius 1 is 0.938 bits per heavy atom. The second-order valence-corrected chi connectivity index (χ2v) is 9.59. The molecule has 0 saturated heterocycles. The van der Waals surface area contributed by atoms with Gasteiger partial charge in [-0.15, -0.1) is 0 Å². The Hall–Kier alpha value is -3.21. The van der Waals surface area contributed by atoms with E-state index >= 15 is 0 Å². The molecule has 0 spiro atoms. The number of nitrogens with one attached hydrogen (secondary N) is 2. The Balaban J connectivity index is 1.52. The van der Waals surface area contributed by atoms with Crippen LogP contribution in [0.15, 0.2) is 60.9 Å². The number of rotatable bonds is 4. The monoisotopic (exact) mass is 428 g/mol. The van der Waals surface area contributed by atoms with Gasteiger partial charge in [0, 0.05) is 29.6 Å². The first-order chi connectivity index (χ1) is 15.4. The van der Waals surface area contributed by atoms with E-state index in [1.54, 1.807) is 0 Å². The van der Waals surface area contributed by atoms with Crippen LogP contribution in [-0.2, 0) is 5.41 Å². The van der Waals surface area contributed by atoms with E-state index in [4.69, 9.17) is 0 Å². The van der Waals surface area contributed by atoms with Crippen LogP contribution < -0.4 is 10.6 Å². The van der Waals surface area contributed by atoms with Gasteiger partial charge < -0.3 is 10.6 Å². The molecule has 2 heterocycles. The molecule has 2 N–H and O–H groups in total. The maximum absolute atomic E-state index is 12.6. The number of urea groups is 1. The van der Waals surface area contributed by atoms with Crippen molar-refractivity contribution >= 4 is 11.7 Å². The molecule has 32 heavy (non-hydrogen) atoms. The van der Waals surface area contributed by atoms with Crippen LogP contribution in [0.2, 0.25) is 0 Å². The lowest BCUT2D eigenvalue weighted by molar-refractivity contribution is 0.244. The number of hydrogen-bond donors (Lipinski definition) is 2. The lowest BCUT2D eigenvalue weighted by atomic mass is 9.87. The zero-order chi connectivity index (χ0) is 22.6. The van der Waals surface area contributed by atoms with Crippen molar-refractivity contribution in [1.82, 2.24) is 15.3 Å². The van der Waals surface area contributed by atoms with Crippen LogP contribution in [-0.4, -0.2) is 22.0 Å². The number of anilines is 1. The number of carbonyl (C=O) groups is 1. The molecular formula is C27H32N4O. The standard InChI is InChI=1S/C27H32N4O/c1-27(2,3)20-15-16-28-25(17-20)24-14-13-19(18-29-24)22-11-7-8-12-23(22)31-26(32)30-21-9-5-4-6-10-21/h7-8,11-18,21H,4-6,9-10H2,1-3H3,(H2,30,31,32). The summed E-state index contributed by atoms with van der Waals surface area (Å²) < 4.78 is 0. The molecule has 1 aliphatic rings. The van der Waals surface area contributed by atoms with Gasteiger partial charge in [0.25, 0.3) is 0 Å². The van der Waals surface area contributed by atoms with Gasteiger partial charge in [0.1, 0.15) is 0 Å². The smallest absolute Gasteiger partial charge is 0.319 e. The highest BCUT2D eigenvalue weighted by Gasteiger charge is 2.17. The second kappa shape index (κ2) is 9.51. The molecule has 0 atom stereocenters. The van der Waals surface area contributed by atoms with Gasteiger partial charge in [-0.2, -0.15) is 0 Å². The SMILES string of the molecule is CC(C)(C)c1ccnc(-c2ccc(-c3ccccc3NC(=O)NC3CCCCC3)cn2)c1. The van der Waals surface area contributed by atoms with E-state index < -0.39 is 0 Å². The van der Waals surface area contributed by atoms with Crippen LogP contribution in [0.5, 0.6) is 0 Å². The van der Waals surface area contributed by atoms with Gasteiger partial charge in [-0.1, -0.05) is 64.3 Å². The summed E-state index contributed by atoms with van der Waals surface area (Å²) in [4.78, 5) is 21.8. The van der Waals surface area contributed by atoms with E-state index in [1.165, 1.54) is 24.8 Å². The zero-order valence-corrected chi connectivity index (χ0v) is 19.2. The molecule has 166 valence electrons. The summed E-state index contributed by atoms with van der Waals surface area (Å²) >= 11 is 0. The van der Waals surface area contributed by atoms with Gasteiger partial charge in [-0.25, -0.2) is 4.79 Å². The number of aromatic nitrogens is 2. The lowest BCUT2D eigenvalue weighted by Crippen LogP contribution is -2.39.